The van der Waals surface area contributed by atoms with E-state index < -0.39 is 9.84 Å². The van der Waals surface area contributed by atoms with E-state index in [0.29, 0.717) is 39.2 Å². The normalized spacial score (nSPS) is 12.1. The van der Waals surface area contributed by atoms with Gasteiger partial charge in [-0.1, -0.05) is 48.8 Å². The topological polar surface area (TPSA) is 64.8 Å². The monoisotopic (exact) mass is 407 g/mol. The van der Waals surface area contributed by atoms with Gasteiger partial charge in [-0.05, 0) is 24.1 Å². The van der Waals surface area contributed by atoms with Crippen LogP contribution in [-0.2, 0) is 16.4 Å². The second kappa shape index (κ2) is 8.08. The van der Waals surface area contributed by atoms with Crippen molar-refractivity contribution in [2.45, 2.75) is 25.5 Å². The van der Waals surface area contributed by atoms with Crippen molar-refractivity contribution >= 4 is 44.8 Å². The lowest BCUT2D eigenvalue weighted by atomic mass is 10.2. The number of hydrogen-bond donors (Lipinski definition) is 0. The second-order valence-electron chi connectivity index (χ2n) is 5.91. The van der Waals surface area contributed by atoms with Gasteiger partial charge in [0.1, 0.15) is 9.84 Å². The molecule has 0 N–H and O–H groups in total. The zero-order chi connectivity index (χ0) is 17.9. The summed E-state index contributed by atoms with van der Waals surface area (Å²) in [5.74, 6) is 1.57. The van der Waals surface area contributed by atoms with Crippen molar-refractivity contribution in [1.82, 2.24) is 14.8 Å². The van der Waals surface area contributed by atoms with E-state index in [1.165, 1.54) is 18.0 Å². The van der Waals surface area contributed by atoms with Gasteiger partial charge in [-0.3, -0.25) is 0 Å². The Labute approximate surface area is 156 Å². The predicted octanol–water partition coefficient (Wildman–Crippen LogP) is 4.04. The molecule has 0 atom stereocenters. The van der Waals surface area contributed by atoms with Crippen LogP contribution in [0.2, 0.25) is 10.0 Å². The number of sulfone groups is 1. The number of thioether (sulfide) groups is 1. The molecule has 0 aliphatic carbocycles. The first kappa shape index (κ1) is 19.6. The molecule has 2 rings (SSSR count). The SMILES string of the molecule is CC(C)Cn1c(SCCS(C)(=O)=O)nnc1-c1ccc(Cl)cc1Cl. The van der Waals surface area contributed by atoms with Gasteiger partial charge < -0.3 is 4.57 Å². The van der Waals surface area contributed by atoms with Crippen LogP contribution < -0.4 is 0 Å². The van der Waals surface area contributed by atoms with Gasteiger partial charge in [0.15, 0.2) is 11.0 Å². The first-order chi connectivity index (χ1) is 11.2. The van der Waals surface area contributed by atoms with Gasteiger partial charge in [0.25, 0.3) is 0 Å². The number of hydrogen-bond acceptors (Lipinski definition) is 5. The maximum absolute atomic E-state index is 11.3. The van der Waals surface area contributed by atoms with Crippen molar-refractivity contribution in [2.24, 2.45) is 5.92 Å². The molecule has 1 aromatic heterocycles. The highest BCUT2D eigenvalue weighted by molar-refractivity contribution is 8.00. The highest BCUT2D eigenvalue weighted by Crippen LogP contribution is 2.32. The fourth-order valence-corrected chi connectivity index (χ4v) is 4.71. The molecule has 0 saturated carbocycles. The molecule has 0 aliphatic heterocycles. The minimum absolute atomic E-state index is 0.100. The van der Waals surface area contributed by atoms with Gasteiger partial charge >= 0.3 is 0 Å². The molecule has 5 nitrogen and oxygen atoms in total. The Balaban J connectivity index is 2.34. The molecule has 0 bridgehead atoms. The number of rotatable bonds is 7. The summed E-state index contributed by atoms with van der Waals surface area (Å²) in [5.41, 5.74) is 0.754. The summed E-state index contributed by atoms with van der Waals surface area (Å²) in [6.45, 7) is 4.90. The first-order valence-corrected chi connectivity index (χ1v) is 11.2. The lowest BCUT2D eigenvalue weighted by Crippen LogP contribution is -2.10. The van der Waals surface area contributed by atoms with Gasteiger partial charge in [-0.2, -0.15) is 0 Å². The Morgan fingerprint density at radius 1 is 1.25 bits per heavy atom. The van der Waals surface area contributed by atoms with E-state index in [4.69, 9.17) is 23.2 Å². The lowest BCUT2D eigenvalue weighted by molar-refractivity contribution is 0.498. The first-order valence-electron chi connectivity index (χ1n) is 7.36. The van der Waals surface area contributed by atoms with E-state index in [1.54, 1.807) is 12.1 Å². The summed E-state index contributed by atoms with van der Waals surface area (Å²) in [7, 11) is -3.00. The molecule has 132 valence electrons. The van der Waals surface area contributed by atoms with Crippen LogP contribution in [0.4, 0.5) is 0 Å². The molecule has 9 heteroatoms. The molecule has 1 aromatic carbocycles. The van der Waals surface area contributed by atoms with Crippen LogP contribution in [0.3, 0.4) is 0 Å². The molecule has 2 aromatic rings. The van der Waals surface area contributed by atoms with Crippen molar-refractivity contribution in [3.8, 4) is 11.4 Å². The maximum Gasteiger partial charge on any atom is 0.191 e. The van der Waals surface area contributed by atoms with Crippen molar-refractivity contribution in [1.29, 1.82) is 0 Å². The van der Waals surface area contributed by atoms with Crippen LogP contribution in [0.1, 0.15) is 13.8 Å². The largest absolute Gasteiger partial charge is 0.302 e. The summed E-state index contributed by atoms with van der Waals surface area (Å²) in [6, 6.07) is 5.24. The second-order valence-corrected chi connectivity index (χ2v) is 10.1. The van der Waals surface area contributed by atoms with Gasteiger partial charge in [0, 0.05) is 29.1 Å². The fraction of sp³-hybridized carbons (Fsp3) is 0.467. The van der Waals surface area contributed by atoms with Crippen molar-refractivity contribution in [2.75, 3.05) is 17.8 Å². The molecule has 0 aliphatic rings. The highest BCUT2D eigenvalue weighted by Gasteiger charge is 2.18. The Morgan fingerprint density at radius 3 is 2.54 bits per heavy atom. The summed E-state index contributed by atoms with van der Waals surface area (Å²) >= 11 is 13.6. The molecular formula is C15H19Cl2N3O2S2. The van der Waals surface area contributed by atoms with E-state index in [1.807, 2.05) is 10.6 Å². The average molecular weight is 408 g/mol. The van der Waals surface area contributed by atoms with Gasteiger partial charge in [0.05, 0.1) is 10.8 Å². The Morgan fingerprint density at radius 2 is 1.96 bits per heavy atom. The number of nitrogens with zero attached hydrogens (tertiary/aromatic N) is 3. The van der Waals surface area contributed by atoms with Gasteiger partial charge in [0.2, 0.25) is 0 Å². The van der Waals surface area contributed by atoms with Crippen LogP contribution in [0.5, 0.6) is 0 Å². The Kier molecular flexibility index (Phi) is 6.59. The van der Waals surface area contributed by atoms with E-state index >= 15 is 0 Å². The molecule has 0 amide bonds. The standard InChI is InChI=1S/C15H19Cl2N3O2S2/c1-10(2)9-20-14(12-5-4-11(16)8-13(12)17)18-19-15(20)23-6-7-24(3,21)22/h4-5,8,10H,6-7,9H2,1-3H3. The fourth-order valence-electron chi connectivity index (χ4n) is 2.08. The highest BCUT2D eigenvalue weighted by atomic mass is 35.5. The molecular weight excluding hydrogens is 389 g/mol. The van der Waals surface area contributed by atoms with Crippen LogP contribution >= 0.6 is 35.0 Å². The van der Waals surface area contributed by atoms with Crippen LogP contribution in [0, 0.1) is 5.92 Å². The smallest absolute Gasteiger partial charge is 0.191 e. The molecule has 0 saturated heterocycles. The summed E-state index contributed by atoms with van der Waals surface area (Å²) in [6.07, 6.45) is 1.23. The number of halogens is 2. The number of aromatic nitrogens is 3. The zero-order valence-corrected chi connectivity index (χ0v) is 16.8. The zero-order valence-electron chi connectivity index (χ0n) is 13.7. The average Bonchev–Trinajstić information content (AvgIpc) is 2.80. The molecule has 24 heavy (non-hydrogen) atoms. The van der Waals surface area contributed by atoms with E-state index in [0.717, 1.165) is 5.56 Å². The molecule has 0 radical (unpaired) electrons. The van der Waals surface area contributed by atoms with Gasteiger partial charge in [-0.15, -0.1) is 10.2 Å². The van der Waals surface area contributed by atoms with Crippen molar-refractivity contribution in [3.63, 3.8) is 0 Å². The maximum atomic E-state index is 11.3. The lowest BCUT2D eigenvalue weighted by Gasteiger charge is -2.13. The quantitative estimate of drug-likeness (QED) is 0.647. The third kappa shape index (κ3) is 5.37. The number of benzene rings is 1. The van der Waals surface area contributed by atoms with Crippen LogP contribution in [0.15, 0.2) is 23.4 Å². The summed E-state index contributed by atoms with van der Waals surface area (Å²) < 4.78 is 24.6. The predicted molar refractivity (Wildman–Crippen MR) is 101 cm³/mol. The third-order valence-corrected chi connectivity index (χ3v) is 5.84. The molecule has 0 spiro atoms. The van der Waals surface area contributed by atoms with Crippen molar-refractivity contribution in [3.05, 3.63) is 28.2 Å². The van der Waals surface area contributed by atoms with Crippen LogP contribution in [0.25, 0.3) is 11.4 Å². The summed E-state index contributed by atoms with van der Waals surface area (Å²) in [4.78, 5) is 0. The minimum Gasteiger partial charge on any atom is -0.302 e. The van der Waals surface area contributed by atoms with E-state index in [9.17, 15) is 8.42 Å². The van der Waals surface area contributed by atoms with E-state index in [-0.39, 0.29) is 5.75 Å². The minimum atomic E-state index is -3.00. The molecule has 0 fully saturated rings. The molecule has 0 unspecified atom stereocenters. The van der Waals surface area contributed by atoms with Crippen LogP contribution in [-0.4, -0.2) is 40.9 Å². The Bertz CT molecular complexity index is 820. The third-order valence-electron chi connectivity index (χ3n) is 3.12. The van der Waals surface area contributed by atoms with Crippen molar-refractivity contribution < 1.29 is 8.42 Å². The molecule has 1 heterocycles. The summed E-state index contributed by atoms with van der Waals surface area (Å²) in [5, 5.41) is 10.2. The Hall–Kier alpha value is -0.760. The van der Waals surface area contributed by atoms with E-state index in [2.05, 4.69) is 24.0 Å². The van der Waals surface area contributed by atoms with Gasteiger partial charge in [-0.25, -0.2) is 8.42 Å².